The molecule has 0 saturated heterocycles. The van der Waals surface area contributed by atoms with Crippen LogP contribution in [0.3, 0.4) is 0 Å². The van der Waals surface area contributed by atoms with Gasteiger partial charge >= 0.3 is 0 Å². The molecular formula is C17H20N6O2S. The van der Waals surface area contributed by atoms with Crippen LogP contribution in [0.15, 0.2) is 47.9 Å². The lowest BCUT2D eigenvalue weighted by molar-refractivity contribution is 0.287. The van der Waals surface area contributed by atoms with Crippen LogP contribution in [0.1, 0.15) is 30.2 Å². The highest BCUT2D eigenvalue weighted by Crippen LogP contribution is 2.27. The molecule has 0 aliphatic carbocycles. The minimum Gasteiger partial charge on any atom is -0.339 e. The molecule has 3 aromatic rings. The Kier molecular flexibility index (Phi) is 4.12. The second-order valence-corrected chi connectivity index (χ2v) is 8.47. The maximum atomic E-state index is 12.8. The number of nitrogens with zero attached hydrogens (tertiary/aromatic N) is 6. The lowest BCUT2D eigenvalue weighted by Gasteiger charge is -2.31. The fraction of sp³-hybridized carbons (Fsp3) is 0.353. The summed E-state index contributed by atoms with van der Waals surface area (Å²) >= 11 is 0. The number of hydrogen-bond acceptors (Lipinski definition) is 5. The topological polar surface area (TPSA) is 85.9 Å². The first-order valence-corrected chi connectivity index (χ1v) is 9.84. The molecule has 3 heterocycles. The molecule has 0 saturated carbocycles. The van der Waals surface area contributed by atoms with E-state index < -0.39 is 10.0 Å². The van der Waals surface area contributed by atoms with Crippen molar-refractivity contribution in [2.24, 2.45) is 7.05 Å². The lowest BCUT2D eigenvalue weighted by atomic mass is 10.1. The van der Waals surface area contributed by atoms with Crippen LogP contribution in [-0.4, -0.2) is 43.6 Å². The van der Waals surface area contributed by atoms with E-state index >= 15 is 0 Å². The molecular weight excluding hydrogens is 352 g/mol. The fourth-order valence-corrected chi connectivity index (χ4v) is 4.75. The molecule has 1 aliphatic rings. The summed E-state index contributed by atoms with van der Waals surface area (Å²) in [5.41, 5.74) is 1.15. The van der Waals surface area contributed by atoms with E-state index in [1.165, 1.54) is 16.8 Å². The largest absolute Gasteiger partial charge is 0.339 e. The first-order chi connectivity index (χ1) is 12.4. The molecule has 0 radical (unpaired) electrons. The van der Waals surface area contributed by atoms with Crippen molar-refractivity contribution in [2.75, 3.05) is 6.54 Å². The van der Waals surface area contributed by atoms with Gasteiger partial charge in [0.15, 0.2) is 5.03 Å². The van der Waals surface area contributed by atoms with E-state index in [2.05, 4.69) is 19.7 Å². The Morgan fingerprint density at radius 1 is 1.19 bits per heavy atom. The second kappa shape index (κ2) is 6.33. The van der Waals surface area contributed by atoms with Gasteiger partial charge in [-0.25, -0.2) is 13.4 Å². The zero-order chi connectivity index (χ0) is 18.3. The van der Waals surface area contributed by atoms with Crippen LogP contribution in [0, 0.1) is 0 Å². The molecule has 0 bridgehead atoms. The average Bonchev–Trinajstić information content (AvgIpc) is 3.23. The summed E-state index contributed by atoms with van der Waals surface area (Å²) in [6.07, 6.45) is 3.67. The number of aromatic nitrogens is 5. The minimum absolute atomic E-state index is 0.0500. The number of fused-ring (bicyclic) bond motifs is 1. The monoisotopic (exact) mass is 372 g/mol. The van der Waals surface area contributed by atoms with Crippen LogP contribution in [0.5, 0.6) is 0 Å². The van der Waals surface area contributed by atoms with Crippen LogP contribution in [0.2, 0.25) is 0 Å². The van der Waals surface area contributed by atoms with Crippen molar-refractivity contribution in [3.63, 3.8) is 0 Å². The van der Waals surface area contributed by atoms with Gasteiger partial charge in [-0.3, -0.25) is 0 Å². The number of sulfonamides is 1. The molecule has 0 fully saturated rings. The molecule has 1 aromatic carbocycles. The van der Waals surface area contributed by atoms with Gasteiger partial charge in [0.1, 0.15) is 11.6 Å². The summed E-state index contributed by atoms with van der Waals surface area (Å²) in [4.78, 5) is 4.00. The van der Waals surface area contributed by atoms with Gasteiger partial charge in [-0.1, -0.05) is 30.3 Å². The van der Waals surface area contributed by atoms with Gasteiger partial charge in [0.2, 0.25) is 0 Å². The van der Waals surface area contributed by atoms with Crippen LogP contribution in [0.25, 0.3) is 0 Å². The van der Waals surface area contributed by atoms with Crippen molar-refractivity contribution >= 4 is 10.0 Å². The second-order valence-electron chi connectivity index (χ2n) is 6.59. The number of benzene rings is 1. The van der Waals surface area contributed by atoms with Crippen LogP contribution in [-0.2, 0) is 30.0 Å². The maximum Gasteiger partial charge on any atom is 0.262 e. The van der Waals surface area contributed by atoms with E-state index in [0.29, 0.717) is 18.8 Å². The highest BCUT2D eigenvalue weighted by Gasteiger charge is 2.35. The van der Waals surface area contributed by atoms with Crippen molar-refractivity contribution in [2.45, 2.75) is 31.0 Å². The Bertz CT molecular complexity index is 1020. The maximum absolute atomic E-state index is 12.8. The van der Waals surface area contributed by atoms with E-state index in [1.807, 2.05) is 37.3 Å². The number of aryl methyl sites for hydroxylation is 1. The van der Waals surface area contributed by atoms with Crippen LogP contribution < -0.4 is 0 Å². The molecule has 4 rings (SSSR count). The third kappa shape index (κ3) is 2.93. The van der Waals surface area contributed by atoms with Crippen molar-refractivity contribution in [3.8, 4) is 0 Å². The molecule has 2 aromatic heterocycles. The first-order valence-electron chi connectivity index (χ1n) is 8.40. The molecule has 8 nitrogen and oxygen atoms in total. The Hall–Kier alpha value is -2.52. The van der Waals surface area contributed by atoms with Crippen LogP contribution >= 0.6 is 0 Å². The van der Waals surface area contributed by atoms with E-state index in [0.717, 1.165) is 11.4 Å². The molecule has 0 unspecified atom stereocenters. The Morgan fingerprint density at radius 3 is 2.65 bits per heavy atom. The normalized spacial score (nSPS) is 18.0. The fourth-order valence-electron chi connectivity index (χ4n) is 3.31. The third-order valence-electron chi connectivity index (χ3n) is 4.55. The summed E-state index contributed by atoms with van der Waals surface area (Å²) in [6.45, 7) is 2.55. The molecule has 9 heteroatoms. The van der Waals surface area contributed by atoms with Crippen molar-refractivity contribution < 1.29 is 8.42 Å². The van der Waals surface area contributed by atoms with E-state index in [1.54, 1.807) is 11.6 Å². The highest BCUT2D eigenvalue weighted by molar-refractivity contribution is 7.89. The highest BCUT2D eigenvalue weighted by atomic mass is 32.2. The predicted molar refractivity (Wildman–Crippen MR) is 94.8 cm³/mol. The lowest BCUT2D eigenvalue weighted by Crippen LogP contribution is -2.40. The van der Waals surface area contributed by atoms with E-state index in [-0.39, 0.29) is 17.6 Å². The van der Waals surface area contributed by atoms with Gasteiger partial charge in [-0.15, -0.1) is 10.2 Å². The predicted octanol–water partition coefficient (Wildman–Crippen LogP) is 1.37. The molecule has 1 atom stereocenters. The van der Waals surface area contributed by atoms with Gasteiger partial charge in [-0.05, 0) is 12.5 Å². The summed E-state index contributed by atoms with van der Waals surface area (Å²) in [6, 6.07) is 10.0. The SMILES string of the molecule is C[C@H]1CN(S(=O)(=O)c2cn(C)cn2)Cc2nnc(Cc3ccccc3)n21. The Morgan fingerprint density at radius 2 is 1.96 bits per heavy atom. The Balaban J connectivity index is 1.62. The number of rotatable bonds is 4. The molecule has 1 aliphatic heterocycles. The summed E-state index contributed by atoms with van der Waals surface area (Å²) in [5, 5.41) is 8.62. The van der Waals surface area contributed by atoms with Crippen molar-refractivity contribution in [3.05, 3.63) is 60.1 Å². The number of imidazole rings is 1. The van der Waals surface area contributed by atoms with E-state index in [9.17, 15) is 8.42 Å². The van der Waals surface area contributed by atoms with Gasteiger partial charge in [0.05, 0.1) is 12.9 Å². The standard InChI is InChI=1S/C17H20N6O2S/c1-13-9-22(26(24,25)17-11-21(2)12-18-17)10-16-20-19-15(23(13)16)8-14-6-4-3-5-7-14/h3-7,11-13H,8-10H2,1-2H3/t13-/m0/s1. The van der Waals surface area contributed by atoms with Crippen LogP contribution in [0.4, 0.5) is 0 Å². The molecule has 0 N–H and O–H groups in total. The zero-order valence-electron chi connectivity index (χ0n) is 14.6. The van der Waals surface area contributed by atoms with Gasteiger partial charge in [0.25, 0.3) is 10.0 Å². The van der Waals surface area contributed by atoms with Gasteiger partial charge < -0.3 is 9.13 Å². The third-order valence-corrected chi connectivity index (χ3v) is 6.25. The quantitative estimate of drug-likeness (QED) is 0.690. The van der Waals surface area contributed by atoms with Gasteiger partial charge in [0, 0.05) is 32.3 Å². The molecule has 26 heavy (non-hydrogen) atoms. The smallest absolute Gasteiger partial charge is 0.262 e. The van der Waals surface area contributed by atoms with Gasteiger partial charge in [-0.2, -0.15) is 4.31 Å². The summed E-state index contributed by atoms with van der Waals surface area (Å²) < 4.78 is 30.8. The van der Waals surface area contributed by atoms with Crippen molar-refractivity contribution in [1.29, 1.82) is 0 Å². The summed E-state index contributed by atoms with van der Waals surface area (Å²) in [7, 11) is -1.90. The molecule has 0 amide bonds. The minimum atomic E-state index is -3.65. The summed E-state index contributed by atoms with van der Waals surface area (Å²) in [5.74, 6) is 1.52. The molecule has 0 spiro atoms. The zero-order valence-corrected chi connectivity index (χ0v) is 15.5. The van der Waals surface area contributed by atoms with E-state index in [4.69, 9.17) is 0 Å². The first kappa shape index (κ1) is 16.9. The Labute approximate surface area is 152 Å². The number of hydrogen-bond donors (Lipinski definition) is 0. The average molecular weight is 372 g/mol. The molecule has 136 valence electrons. The van der Waals surface area contributed by atoms with Crippen molar-refractivity contribution in [1.82, 2.24) is 28.6 Å².